The summed E-state index contributed by atoms with van der Waals surface area (Å²) in [5.41, 5.74) is 6.80. The van der Waals surface area contributed by atoms with E-state index in [2.05, 4.69) is 22.7 Å². The summed E-state index contributed by atoms with van der Waals surface area (Å²) >= 11 is 0. The number of rotatable bonds is 11. The van der Waals surface area contributed by atoms with Crippen molar-refractivity contribution in [2.24, 2.45) is 10.9 Å². The molecule has 1 aromatic carbocycles. The molecular formula is C17H28N4O2. The maximum atomic E-state index is 11.8. The van der Waals surface area contributed by atoms with E-state index < -0.39 is 0 Å². The van der Waals surface area contributed by atoms with Crippen molar-refractivity contribution in [3.05, 3.63) is 29.8 Å². The Morgan fingerprint density at radius 2 is 1.83 bits per heavy atom. The lowest BCUT2D eigenvalue weighted by molar-refractivity contribution is -0.116. The van der Waals surface area contributed by atoms with Gasteiger partial charge >= 0.3 is 0 Å². The van der Waals surface area contributed by atoms with Gasteiger partial charge in [-0.15, -0.1) is 0 Å². The first-order valence-electron chi connectivity index (χ1n) is 8.26. The van der Waals surface area contributed by atoms with E-state index in [-0.39, 0.29) is 11.7 Å². The van der Waals surface area contributed by atoms with Gasteiger partial charge in [-0.05, 0) is 50.2 Å². The number of carbonyl (C=O) groups excluding carboxylic acids is 1. The molecule has 128 valence electrons. The number of unbranched alkanes of at least 4 members (excludes halogenated alkanes) is 3. The second kappa shape index (κ2) is 11.5. The Labute approximate surface area is 138 Å². The van der Waals surface area contributed by atoms with Crippen molar-refractivity contribution >= 4 is 17.4 Å². The summed E-state index contributed by atoms with van der Waals surface area (Å²) < 4.78 is 0. The molecule has 0 aliphatic carbocycles. The number of hydrogen-bond donors (Lipinski definition) is 4. The zero-order chi connectivity index (χ0) is 16.9. The molecule has 1 rings (SSSR count). The predicted molar refractivity (Wildman–Crippen MR) is 93.8 cm³/mol. The van der Waals surface area contributed by atoms with Gasteiger partial charge in [-0.1, -0.05) is 31.3 Å². The maximum absolute atomic E-state index is 11.8. The zero-order valence-corrected chi connectivity index (χ0v) is 13.8. The van der Waals surface area contributed by atoms with Crippen LogP contribution >= 0.6 is 0 Å². The van der Waals surface area contributed by atoms with Crippen molar-refractivity contribution in [3.63, 3.8) is 0 Å². The smallest absolute Gasteiger partial charge is 0.224 e. The Kier molecular flexibility index (Phi) is 9.47. The van der Waals surface area contributed by atoms with Gasteiger partial charge in [0.2, 0.25) is 5.91 Å². The Hall–Kier alpha value is -2.08. The minimum absolute atomic E-state index is 0.00525. The predicted octanol–water partition coefficient (Wildman–Crippen LogP) is 2.67. The molecule has 0 aromatic heterocycles. The molecule has 6 heteroatoms. The number of nitrogens with one attached hydrogen (secondary N) is 2. The highest BCUT2D eigenvalue weighted by Gasteiger charge is 2.03. The molecule has 0 heterocycles. The summed E-state index contributed by atoms with van der Waals surface area (Å²) in [6.07, 6.45) is 6.32. The van der Waals surface area contributed by atoms with Crippen LogP contribution in [0.4, 0.5) is 5.69 Å². The molecule has 0 aliphatic rings. The van der Waals surface area contributed by atoms with E-state index in [0.717, 1.165) is 19.5 Å². The van der Waals surface area contributed by atoms with Crippen LogP contribution in [0.15, 0.2) is 29.4 Å². The van der Waals surface area contributed by atoms with Crippen LogP contribution in [0.5, 0.6) is 0 Å². The van der Waals surface area contributed by atoms with E-state index in [1.165, 1.54) is 25.7 Å². The summed E-state index contributed by atoms with van der Waals surface area (Å²) in [6.45, 7) is 4.09. The van der Waals surface area contributed by atoms with Crippen molar-refractivity contribution in [1.29, 1.82) is 0 Å². The van der Waals surface area contributed by atoms with E-state index in [1.807, 2.05) is 0 Å². The normalized spacial score (nSPS) is 11.4. The van der Waals surface area contributed by atoms with Crippen molar-refractivity contribution in [2.75, 3.05) is 18.4 Å². The van der Waals surface area contributed by atoms with E-state index in [9.17, 15) is 4.79 Å². The standard InChI is InChI=1S/C17H28N4O2/c1-2-3-4-5-12-19-13-6-7-16(22)20-15-10-8-14(9-11-15)17(18)21-23/h8-11,19,23H,2-7,12-13H2,1H3,(H2,18,21)(H,20,22). The Bertz CT molecular complexity index is 486. The summed E-state index contributed by atoms with van der Waals surface area (Å²) in [5, 5.41) is 17.7. The molecule has 0 atom stereocenters. The van der Waals surface area contributed by atoms with Gasteiger partial charge in [0.15, 0.2) is 5.84 Å². The fourth-order valence-electron chi connectivity index (χ4n) is 2.18. The Morgan fingerprint density at radius 1 is 1.13 bits per heavy atom. The summed E-state index contributed by atoms with van der Waals surface area (Å²) in [4.78, 5) is 11.8. The SMILES string of the molecule is CCCCCCNCCCC(=O)Nc1ccc(/C(N)=N/O)cc1. The number of anilines is 1. The lowest BCUT2D eigenvalue weighted by Crippen LogP contribution is -2.19. The average molecular weight is 320 g/mol. The summed E-state index contributed by atoms with van der Waals surface area (Å²) in [7, 11) is 0. The topological polar surface area (TPSA) is 99.7 Å². The largest absolute Gasteiger partial charge is 0.409 e. The number of carbonyl (C=O) groups is 1. The van der Waals surface area contributed by atoms with Gasteiger partial charge in [-0.25, -0.2) is 0 Å². The number of amidine groups is 1. The monoisotopic (exact) mass is 320 g/mol. The molecule has 1 amide bonds. The third-order valence-electron chi connectivity index (χ3n) is 3.54. The van der Waals surface area contributed by atoms with Crippen LogP contribution in [0.2, 0.25) is 0 Å². The molecule has 0 fully saturated rings. The highest BCUT2D eigenvalue weighted by atomic mass is 16.4. The molecule has 0 radical (unpaired) electrons. The Balaban J connectivity index is 2.16. The third-order valence-corrected chi connectivity index (χ3v) is 3.54. The van der Waals surface area contributed by atoms with Gasteiger partial charge in [-0.2, -0.15) is 0 Å². The first-order valence-corrected chi connectivity index (χ1v) is 8.26. The first kappa shape index (κ1) is 19.0. The quantitative estimate of drug-likeness (QED) is 0.166. The van der Waals surface area contributed by atoms with Gasteiger partial charge < -0.3 is 21.6 Å². The molecule has 0 saturated carbocycles. The van der Waals surface area contributed by atoms with E-state index in [0.29, 0.717) is 17.7 Å². The van der Waals surface area contributed by atoms with Crippen LogP contribution in [0.1, 0.15) is 51.0 Å². The molecular weight excluding hydrogens is 292 g/mol. The fraction of sp³-hybridized carbons (Fsp3) is 0.529. The number of nitrogens with zero attached hydrogens (tertiary/aromatic N) is 1. The molecule has 1 aromatic rings. The van der Waals surface area contributed by atoms with Gasteiger partial charge in [0.25, 0.3) is 0 Å². The molecule has 0 bridgehead atoms. The Morgan fingerprint density at radius 3 is 2.48 bits per heavy atom. The van der Waals surface area contributed by atoms with E-state index in [1.54, 1.807) is 24.3 Å². The highest BCUT2D eigenvalue weighted by Crippen LogP contribution is 2.10. The number of benzene rings is 1. The van der Waals surface area contributed by atoms with Crippen LogP contribution in [0.3, 0.4) is 0 Å². The number of oxime groups is 1. The second-order valence-electron chi connectivity index (χ2n) is 5.52. The van der Waals surface area contributed by atoms with Crippen LogP contribution in [0.25, 0.3) is 0 Å². The van der Waals surface area contributed by atoms with Gasteiger partial charge in [-0.3, -0.25) is 4.79 Å². The lowest BCUT2D eigenvalue weighted by atomic mass is 10.2. The number of hydrogen-bond acceptors (Lipinski definition) is 4. The zero-order valence-electron chi connectivity index (χ0n) is 13.8. The van der Waals surface area contributed by atoms with Gasteiger partial charge in [0.1, 0.15) is 0 Å². The van der Waals surface area contributed by atoms with E-state index in [4.69, 9.17) is 10.9 Å². The molecule has 0 spiro atoms. The average Bonchev–Trinajstić information content (AvgIpc) is 2.57. The highest BCUT2D eigenvalue weighted by molar-refractivity contribution is 5.98. The number of amides is 1. The van der Waals surface area contributed by atoms with Crippen molar-refractivity contribution < 1.29 is 10.0 Å². The second-order valence-corrected chi connectivity index (χ2v) is 5.52. The van der Waals surface area contributed by atoms with Crippen molar-refractivity contribution in [2.45, 2.75) is 45.4 Å². The summed E-state index contributed by atoms with van der Waals surface area (Å²) in [5.74, 6) is 0.0437. The molecule has 5 N–H and O–H groups in total. The number of nitrogens with two attached hydrogens (primary N) is 1. The first-order chi connectivity index (χ1) is 11.2. The lowest BCUT2D eigenvalue weighted by Gasteiger charge is -2.07. The van der Waals surface area contributed by atoms with Gasteiger partial charge in [0.05, 0.1) is 0 Å². The minimum atomic E-state index is -0.00525. The molecule has 0 saturated heterocycles. The minimum Gasteiger partial charge on any atom is -0.409 e. The molecule has 0 aliphatic heterocycles. The van der Waals surface area contributed by atoms with Crippen molar-refractivity contribution in [1.82, 2.24) is 5.32 Å². The molecule has 23 heavy (non-hydrogen) atoms. The molecule has 0 unspecified atom stereocenters. The van der Waals surface area contributed by atoms with Crippen LogP contribution in [-0.4, -0.2) is 30.0 Å². The fourth-order valence-corrected chi connectivity index (χ4v) is 2.18. The molecule has 6 nitrogen and oxygen atoms in total. The van der Waals surface area contributed by atoms with Crippen molar-refractivity contribution in [3.8, 4) is 0 Å². The van der Waals surface area contributed by atoms with Crippen LogP contribution in [0, 0.1) is 0 Å². The maximum Gasteiger partial charge on any atom is 0.224 e. The van der Waals surface area contributed by atoms with Crippen LogP contribution in [-0.2, 0) is 4.79 Å². The summed E-state index contributed by atoms with van der Waals surface area (Å²) in [6, 6.07) is 6.86. The third kappa shape index (κ3) is 8.21. The van der Waals surface area contributed by atoms with E-state index >= 15 is 0 Å². The van der Waals surface area contributed by atoms with Gasteiger partial charge in [0, 0.05) is 17.7 Å². The van der Waals surface area contributed by atoms with Crippen LogP contribution < -0.4 is 16.4 Å².